The van der Waals surface area contributed by atoms with E-state index in [1.165, 1.54) is 5.56 Å². The van der Waals surface area contributed by atoms with E-state index in [0.717, 1.165) is 53.1 Å². The van der Waals surface area contributed by atoms with E-state index in [9.17, 15) is 0 Å². The highest BCUT2D eigenvalue weighted by atomic mass is 16.5. The lowest BCUT2D eigenvalue weighted by molar-refractivity contribution is 0.148. The van der Waals surface area contributed by atoms with Gasteiger partial charge in [0.25, 0.3) is 0 Å². The summed E-state index contributed by atoms with van der Waals surface area (Å²) in [4.78, 5) is 4.85. The highest BCUT2D eigenvalue weighted by Gasteiger charge is 2.13. The lowest BCUT2D eigenvalue weighted by Gasteiger charge is -2.11. The zero-order valence-electron chi connectivity index (χ0n) is 18.3. The van der Waals surface area contributed by atoms with Crippen LogP contribution in [0.4, 0.5) is 0 Å². The summed E-state index contributed by atoms with van der Waals surface area (Å²) in [5, 5.41) is 9.03. The first-order chi connectivity index (χ1) is 15.1. The average molecular weight is 413 g/mol. The number of benzene rings is 2. The Morgan fingerprint density at radius 3 is 2.26 bits per heavy atom. The second-order valence-electron chi connectivity index (χ2n) is 7.26. The minimum atomic E-state index is 0.636. The Balaban J connectivity index is 0.000000401. The van der Waals surface area contributed by atoms with Crippen molar-refractivity contribution in [2.45, 2.75) is 27.2 Å². The summed E-state index contributed by atoms with van der Waals surface area (Å²) in [6, 6.07) is 22.0. The first kappa shape index (κ1) is 22.1. The lowest BCUT2D eigenvalue weighted by Crippen LogP contribution is -2.05. The molecule has 0 atom stereocenters. The van der Waals surface area contributed by atoms with Crippen molar-refractivity contribution in [2.24, 2.45) is 0 Å². The molecule has 0 aliphatic rings. The normalized spacial score (nSPS) is 10.4. The number of nitrogens with two attached hydrogens (primary N) is 1. The molecule has 4 rings (SSSR count). The van der Waals surface area contributed by atoms with Gasteiger partial charge in [-0.05, 0) is 50.1 Å². The van der Waals surface area contributed by atoms with Crippen molar-refractivity contribution < 1.29 is 4.74 Å². The maximum Gasteiger partial charge on any atom is 0.0991 e. The fraction of sp³-hybridized carbons (Fsp3) is 0.231. The highest BCUT2D eigenvalue weighted by Crippen LogP contribution is 2.33. The van der Waals surface area contributed by atoms with Crippen molar-refractivity contribution in [3.05, 3.63) is 78.0 Å². The number of pyridine rings is 1. The first-order valence-corrected chi connectivity index (χ1v) is 10.5. The lowest BCUT2D eigenvalue weighted by atomic mass is 9.97. The number of hydrogen-bond donors (Lipinski definition) is 1. The van der Waals surface area contributed by atoms with Gasteiger partial charge < -0.3 is 10.6 Å². The Labute approximate surface area is 183 Å². The molecule has 2 aromatic carbocycles. The smallest absolute Gasteiger partial charge is 0.0991 e. The van der Waals surface area contributed by atoms with E-state index >= 15 is 0 Å². The molecule has 0 spiro atoms. The summed E-state index contributed by atoms with van der Waals surface area (Å²) >= 11 is 0. The van der Waals surface area contributed by atoms with Crippen molar-refractivity contribution in [1.82, 2.24) is 9.66 Å². The zero-order valence-corrected chi connectivity index (χ0v) is 18.3. The summed E-state index contributed by atoms with van der Waals surface area (Å²) in [6.45, 7) is 7.95. The summed E-state index contributed by atoms with van der Waals surface area (Å²) in [5.41, 5.74) is 7.52. The van der Waals surface area contributed by atoms with E-state index in [-0.39, 0.29) is 0 Å². The maximum atomic E-state index is 9.03. The predicted molar refractivity (Wildman–Crippen MR) is 127 cm³/mol. The number of fused-ring (bicyclic) bond motifs is 1. The Morgan fingerprint density at radius 1 is 1.00 bits per heavy atom. The molecular formula is C26H28N4O. The van der Waals surface area contributed by atoms with Gasteiger partial charge in [0, 0.05) is 30.5 Å². The second kappa shape index (κ2) is 10.4. The van der Waals surface area contributed by atoms with Gasteiger partial charge in [-0.25, -0.2) is 4.98 Å². The largest absolute Gasteiger partial charge is 0.382 e. The molecule has 158 valence electrons. The quantitative estimate of drug-likeness (QED) is 0.337. The third-order valence-electron chi connectivity index (χ3n) is 4.90. The summed E-state index contributed by atoms with van der Waals surface area (Å²) in [5.74, 6) is 6.01. The molecule has 0 saturated carbocycles. The van der Waals surface area contributed by atoms with Crippen LogP contribution in [-0.2, 0) is 4.74 Å². The van der Waals surface area contributed by atoms with Gasteiger partial charge in [0.05, 0.1) is 28.4 Å². The van der Waals surface area contributed by atoms with Gasteiger partial charge in [-0.2, -0.15) is 5.26 Å². The van der Waals surface area contributed by atoms with Crippen LogP contribution in [0.15, 0.2) is 66.9 Å². The molecule has 0 aliphatic carbocycles. The van der Waals surface area contributed by atoms with Gasteiger partial charge in [0.15, 0.2) is 0 Å². The van der Waals surface area contributed by atoms with E-state index in [2.05, 4.69) is 50.2 Å². The van der Waals surface area contributed by atoms with Crippen LogP contribution in [0.1, 0.15) is 31.4 Å². The fourth-order valence-corrected chi connectivity index (χ4v) is 3.24. The third kappa shape index (κ3) is 5.30. The molecule has 0 saturated heterocycles. The third-order valence-corrected chi connectivity index (χ3v) is 4.90. The molecule has 0 bridgehead atoms. The molecular weight excluding hydrogens is 384 g/mol. The molecule has 5 heteroatoms. The van der Waals surface area contributed by atoms with Crippen LogP contribution in [0.25, 0.3) is 33.4 Å². The van der Waals surface area contributed by atoms with Crippen LogP contribution >= 0.6 is 0 Å². The summed E-state index contributed by atoms with van der Waals surface area (Å²) < 4.78 is 6.56. The molecule has 4 aromatic rings. The highest BCUT2D eigenvalue weighted by molar-refractivity contribution is 5.90. The minimum absolute atomic E-state index is 0.636. The van der Waals surface area contributed by atoms with Crippen LogP contribution in [-0.4, -0.2) is 22.9 Å². The first-order valence-electron chi connectivity index (χ1n) is 10.5. The monoisotopic (exact) mass is 412 g/mol. The molecule has 2 heterocycles. The zero-order chi connectivity index (χ0) is 22.2. The van der Waals surface area contributed by atoms with E-state index in [1.807, 2.05) is 37.3 Å². The number of nitrogen functional groups attached to an aromatic ring is 1. The molecule has 2 N–H and O–H groups in total. The van der Waals surface area contributed by atoms with Crippen molar-refractivity contribution in [3.8, 4) is 28.5 Å². The van der Waals surface area contributed by atoms with Crippen LogP contribution in [0.2, 0.25) is 0 Å². The van der Waals surface area contributed by atoms with Gasteiger partial charge in [-0.3, -0.25) is 4.68 Å². The number of aryl methyl sites for hydroxylation is 1. The van der Waals surface area contributed by atoms with Crippen LogP contribution in [0.3, 0.4) is 0 Å². The SMILES string of the molecule is CCCOCC.Cc1ccc(-c2nc3ccn(N)c3cc2-c2ccc(C#N)cc2)cc1. The Hall–Kier alpha value is -3.62. The van der Waals surface area contributed by atoms with Crippen molar-refractivity contribution in [1.29, 1.82) is 5.26 Å². The number of nitrogens with zero attached hydrogens (tertiary/aromatic N) is 3. The standard InChI is InChI=1S/C21H16N4.C5H12O/c1-14-2-6-17(7-3-14)21-18(16-8-4-15(13-22)5-9-16)12-20-19(24-21)10-11-25(20)23;1-3-5-6-4-2/h2-12H,23H2,1H3;3-5H2,1-2H3. The van der Waals surface area contributed by atoms with Crippen molar-refractivity contribution in [3.63, 3.8) is 0 Å². The second-order valence-corrected chi connectivity index (χ2v) is 7.26. The van der Waals surface area contributed by atoms with Crippen molar-refractivity contribution >= 4 is 11.0 Å². The van der Waals surface area contributed by atoms with E-state index in [4.69, 9.17) is 20.8 Å². The molecule has 31 heavy (non-hydrogen) atoms. The fourth-order valence-electron chi connectivity index (χ4n) is 3.24. The van der Waals surface area contributed by atoms with Crippen LogP contribution in [0.5, 0.6) is 0 Å². The molecule has 2 aromatic heterocycles. The molecule has 5 nitrogen and oxygen atoms in total. The number of ether oxygens (including phenoxy) is 1. The summed E-state index contributed by atoms with van der Waals surface area (Å²) in [7, 11) is 0. The van der Waals surface area contributed by atoms with Gasteiger partial charge in [0.2, 0.25) is 0 Å². The Morgan fingerprint density at radius 2 is 1.68 bits per heavy atom. The predicted octanol–water partition coefficient (Wildman–Crippen LogP) is 5.70. The Kier molecular flexibility index (Phi) is 7.42. The Bertz CT molecular complexity index is 1170. The molecule has 0 fully saturated rings. The molecule has 0 amide bonds. The molecule has 0 unspecified atom stereocenters. The number of aromatic nitrogens is 2. The number of hydrogen-bond acceptors (Lipinski definition) is 4. The van der Waals surface area contributed by atoms with E-state index in [1.54, 1.807) is 10.9 Å². The number of rotatable bonds is 5. The number of nitriles is 1. The van der Waals surface area contributed by atoms with Gasteiger partial charge in [0.1, 0.15) is 0 Å². The van der Waals surface area contributed by atoms with Gasteiger partial charge in [-0.15, -0.1) is 0 Å². The van der Waals surface area contributed by atoms with Gasteiger partial charge in [-0.1, -0.05) is 48.9 Å². The topological polar surface area (TPSA) is 76.9 Å². The van der Waals surface area contributed by atoms with Crippen LogP contribution in [0, 0.1) is 18.3 Å². The summed E-state index contributed by atoms with van der Waals surface area (Å²) in [6.07, 6.45) is 2.94. The minimum Gasteiger partial charge on any atom is -0.382 e. The van der Waals surface area contributed by atoms with E-state index < -0.39 is 0 Å². The van der Waals surface area contributed by atoms with Crippen molar-refractivity contribution in [2.75, 3.05) is 19.1 Å². The van der Waals surface area contributed by atoms with Crippen LogP contribution < -0.4 is 5.84 Å². The average Bonchev–Trinajstić information content (AvgIpc) is 3.17. The van der Waals surface area contributed by atoms with E-state index in [0.29, 0.717) is 5.56 Å². The maximum absolute atomic E-state index is 9.03. The molecule has 0 aliphatic heterocycles. The van der Waals surface area contributed by atoms with Gasteiger partial charge >= 0.3 is 0 Å². The molecule has 0 radical (unpaired) electrons.